The number of carbonyl (C=O) groups excluding carboxylic acids is 2. The molecule has 0 heterocycles. The summed E-state index contributed by atoms with van der Waals surface area (Å²) in [5.74, 6) is 0.169. The Kier molecular flexibility index (Phi) is 6.71. The smallest absolute Gasteiger partial charge is 0.269 e. The first-order chi connectivity index (χ1) is 12.1. The van der Waals surface area contributed by atoms with E-state index in [1.54, 1.807) is 42.1 Å². The molecule has 7 heteroatoms. The molecule has 0 radical (unpaired) electrons. The molecule has 0 saturated carbocycles. The van der Waals surface area contributed by atoms with Crippen molar-refractivity contribution in [2.75, 3.05) is 20.0 Å². The number of rotatable bonds is 6. The summed E-state index contributed by atoms with van der Waals surface area (Å²) in [6.45, 7) is 2.36. The molecule has 0 aliphatic heterocycles. The number of ether oxygens (including phenoxy) is 2. The van der Waals surface area contributed by atoms with E-state index in [2.05, 4.69) is 10.9 Å². The predicted octanol–water partition coefficient (Wildman–Crippen LogP) is 2.89. The Labute approximate surface area is 150 Å². The van der Waals surface area contributed by atoms with Crippen LogP contribution in [0.2, 0.25) is 0 Å². The first-order valence-corrected chi connectivity index (χ1v) is 8.87. The third kappa shape index (κ3) is 4.90. The van der Waals surface area contributed by atoms with Gasteiger partial charge in [-0.15, -0.1) is 11.8 Å². The van der Waals surface area contributed by atoms with Crippen molar-refractivity contribution in [1.29, 1.82) is 0 Å². The van der Waals surface area contributed by atoms with Gasteiger partial charge in [-0.1, -0.05) is 0 Å². The summed E-state index contributed by atoms with van der Waals surface area (Å²) in [6, 6.07) is 11.9. The largest absolute Gasteiger partial charge is 0.493 e. The van der Waals surface area contributed by atoms with Crippen LogP contribution < -0.4 is 20.3 Å². The molecule has 0 aromatic heterocycles. The Morgan fingerprint density at radius 2 is 1.56 bits per heavy atom. The molecule has 0 fully saturated rings. The zero-order valence-corrected chi connectivity index (χ0v) is 15.1. The maximum Gasteiger partial charge on any atom is 0.269 e. The van der Waals surface area contributed by atoms with Crippen LogP contribution in [0.1, 0.15) is 27.6 Å². The van der Waals surface area contributed by atoms with Crippen LogP contribution in [0.3, 0.4) is 0 Å². The van der Waals surface area contributed by atoms with Crippen LogP contribution in [0.5, 0.6) is 11.5 Å². The van der Waals surface area contributed by atoms with Gasteiger partial charge < -0.3 is 9.47 Å². The van der Waals surface area contributed by atoms with Crippen LogP contribution in [-0.2, 0) is 0 Å². The Balaban J connectivity index is 2.00. The average Bonchev–Trinajstić information content (AvgIpc) is 2.66. The molecule has 2 aromatic carbocycles. The van der Waals surface area contributed by atoms with Crippen molar-refractivity contribution in [3.63, 3.8) is 0 Å². The highest BCUT2D eigenvalue weighted by Gasteiger charge is 2.12. The molecule has 0 aliphatic rings. The molecular formula is C18H20N2O4S. The van der Waals surface area contributed by atoms with Crippen LogP contribution >= 0.6 is 11.8 Å². The monoisotopic (exact) mass is 360 g/mol. The Hall–Kier alpha value is -2.67. The fraction of sp³-hybridized carbons (Fsp3) is 0.222. The van der Waals surface area contributed by atoms with Gasteiger partial charge in [-0.2, -0.15) is 0 Å². The second kappa shape index (κ2) is 8.98. The number of benzene rings is 2. The van der Waals surface area contributed by atoms with Crippen molar-refractivity contribution in [3.05, 3.63) is 53.6 Å². The molecule has 0 unspecified atom stereocenters. The van der Waals surface area contributed by atoms with Crippen molar-refractivity contribution in [2.24, 2.45) is 0 Å². The van der Waals surface area contributed by atoms with Gasteiger partial charge in [-0.25, -0.2) is 0 Å². The fourth-order valence-corrected chi connectivity index (χ4v) is 2.49. The lowest BCUT2D eigenvalue weighted by Gasteiger charge is -2.11. The van der Waals surface area contributed by atoms with Gasteiger partial charge >= 0.3 is 0 Å². The lowest BCUT2D eigenvalue weighted by molar-refractivity contribution is 0.0846. The van der Waals surface area contributed by atoms with Crippen molar-refractivity contribution in [1.82, 2.24) is 10.9 Å². The fourth-order valence-electron chi connectivity index (χ4n) is 2.08. The SMILES string of the molecule is CCOc1ccc(C(=O)NNC(=O)c2ccc(SC)cc2)cc1OC. The number of methoxy groups -OCH3 is 1. The van der Waals surface area contributed by atoms with Crippen molar-refractivity contribution in [2.45, 2.75) is 11.8 Å². The number of thioether (sulfide) groups is 1. The number of hydrogen-bond donors (Lipinski definition) is 2. The first kappa shape index (κ1) is 18.7. The van der Waals surface area contributed by atoms with Crippen molar-refractivity contribution >= 4 is 23.6 Å². The van der Waals surface area contributed by atoms with Gasteiger partial charge in [0.1, 0.15) is 0 Å². The Morgan fingerprint density at radius 1 is 0.960 bits per heavy atom. The van der Waals surface area contributed by atoms with E-state index in [1.165, 1.54) is 7.11 Å². The minimum Gasteiger partial charge on any atom is -0.493 e. The number of hydrogen-bond acceptors (Lipinski definition) is 5. The third-order valence-electron chi connectivity index (χ3n) is 3.37. The molecule has 0 atom stereocenters. The number of amides is 2. The molecule has 0 saturated heterocycles. The lowest BCUT2D eigenvalue weighted by atomic mass is 10.2. The average molecular weight is 360 g/mol. The standard InChI is InChI=1S/C18H20N2O4S/c1-4-24-15-10-7-13(11-16(15)23-2)18(22)20-19-17(21)12-5-8-14(25-3)9-6-12/h5-11H,4H2,1-3H3,(H,19,21)(H,20,22). The van der Waals surface area contributed by atoms with Crippen LogP contribution in [0, 0.1) is 0 Å². The molecule has 0 spiro atoms. The lowest BCUT2D eigenvalue weighted by Crippen LogP contribution is -2.41. The van der Waals surface area contributed by atoms with Gasteiger partial charge in [0, 0.05) is 16.0 Å². The second-order valence-corrected chi connectivity index (χ2v) is 5.82. The van der Waals surface area contributed by atoms with E-state index >= 15 is 0 Å². The quantitative estimate of drug-likeness (QED) is 0.612. The van der Waals surface area contributed by atoms with Crippen LogP contribution in [0.25, 0.3) is 0 Å². The Morgan fingerprint density at radius 3 is 2.12 bits per heavy atom. The topological polar surface area (TPSA) is 76.7 Å². The van der Waals surface area contributed by atoms with Crippen molar-refractivity contribution < 1.29 is 19.1 Å². The summed E-state index contributed by atoms with van der Waals surface area (Å²) < 4.78 is 10.6. The molecule has 25 heavy (non-hydrogen) atoms. The third-order valence-corrected chi connectivity index (χ3v) is 4.11. The molecule has 6 nitrogen and oxygen atoms in total. The normalized spacial score (nSPS) is 10.0. The van der Waals surface area contributed by atoms with Crippen LogP contribution in [0.4, 0.5) is 0 Å². The van der Waals surface area contributed by atoms with Crippen molar-refractivity contribution in [3.8, 4) is 11.5 Å². The minimum atomic E-state index is -0.449. The second-order valence-electron chi connectivity index (χ2n) is 4.94. The maximum atomic E-state index is 12.2. The highest BCUT2D eigenvalue weighted by atomic mass is 32.2. The van der Waals surface area contributed by atoms with E-state index < -0.39 is 5.91 Å². The number of nitrogens with one attached hydrogen (secondary N) is 2. The minimum absolute atomic E-state index is 0.346. The van der Waals surface area contributed by atoms with Gasteiger partial charge in [0.2, 0.25) is 0 Å². The molecule has 0 aliphatic carbocycles. The summed E-state index contributed by atoms with van der Waals surface area (Å²) in [5, 5.41) is 0. The van der Waals surface area contributed by atoms with E-state index in [0.29, 0.717) is 29.2 Å². The van der Waals surface area contributed by atoms with Crippen LogP contribution in [0.15, 0.2) is 47.4 Å². The maximum absolute atomic E-state index is 12.2. The Bertz CT molecular complexity index is 747. The summed E-state index contributed by atoms with van der Waals surface area (Å²) in [6.07, 6.45) is 1.96. The van der Waals surface area contributed by atoms with E-state index in [4.69, 9.17) is 9.47 Å². The van der Waals surface area contributed by atoms with Gasteiger partial charge in [0.15, 0.2) is 11.5 Å². The van der Waals surface area contributed by atoms with E-state index in [0.717, 1.165) is 4.90 Å². The highest BCUT2D eigenvalue weighted by Crippen LogP contribution is 2.27. The molecule has 2 rings (SSSR count). The van der Waals surface area contributed by atoms with E-state index in [1.807, 2.05) is 25.3 Å². The zero-order chi connectivity index (χ0) is 18.2. The predicted molar refractivity (Wildman–Crippen MR) is 97.3 cm³/mol. The van der Waals surface area contributed by atoms with Gasteiger partial charge in [0.25, 0.3) is 11.8 Å². The first-order valence-electron chi connectivity index (χ1n) is 7.64. The summed E-state index contributed by atoms with van der Waals surface area (Å²) in [7, 11) is 1.50. The molecule has 2 amide bonds. The summed E-state index contributed by atoms with van der Waals surface area (Å²) >= 11 is 1.59. The van der Waals surface area contributed by atoms with Gasteiger partial charge in [0.05, 0.1) is 13.7 Å². The van der Waals surface area contributed by atoms with Gasteiger partial charge in [-0.05, 0) is 55.6 Å². The molecule has 2 N–H and O–H groups in total. The van der Waals surface area contributed by atoms with E-state index in [-0.39, 0.29) is 5.91 Å². The summed E-state index contributed by atoms with van der Waals surface area (Å²) in [4.78, 5) is 25.3. The highest BCUT2D eigenvalue weighted by molar-refractivity contribution is 7.98. The molecule has 0 bridgehead atoms. The molecular weight excluding hydrogens is 340 g/mol. The van der Waals surface area contributed by atoms with Gasteiger partial charge in [-0.3, -0.25) is 20.4 Å². The summed E-state index contributed by atoms with van der Waals surface area (Å²) in [5.41, 5.74) is 5.59. The molecule has 2 aromatic rings. The molecule has 132 valence electrons. The number of hydrazine groups is 1. The number of carbonyl (C=O) groups is 2. The van der Waals surface area contributed by atoms with Crippen LogP contribution in [-0.4, -0.2) is 31.8 Å². The zero-order valence-electron chi connectivity index (χ0n) is 14.3. The van der Waals surface area contributed by atoms with E-state index in [9.17, 15) is 9.59 Å².